The third kappa shape index (κ3) is 2.92. The molecule has 0 saturated carbocycles. The van der Waals surface area contributed by atoms with Gasteiger partial charge in [-0.1, -0.05) is 22.9 Å². The molecule has 6 heteroatoms. The molecular weight excluding hydrogens is 280 g/mol. The summed E-state index contributed by atoms with van der Waals surface area (Å²) < 4.78 is 1.85. The van der Waals surface area contributed by atoms with Crippen molar-refractivity contribution in [2.75, 3.05) is 5.33 Å². The first-order valence-corrected chi connectivity index (χ1v) is 6.24. The highest BCUT2D eigenvalue weighted by Gasteiger charge is 2.12. The van der Waals surface area contributed by atoms with Crippen molar-refractivity contribution in [3.05, 3.63) is 21.2 Å². The molecule has 15 heavy (non-hydrogen) atoms. The summed E-state index contributed by atoms with van der Waals surface area (Å²) in [6.07, 6.45) is 1.70. The second-order valence-electron chi connectivity index (χ2n) is 3.21. The highest BCUT2D eigenvalue weighted by atomic mass is 79.9. The second kappa shape index (κ2) is 5.46. The van der Waals surface area contributed by atoms with Crippen LogP contribution >= 0.6 is 28.1 Å². The topological polar surface area (TPSA) is 58.0 Å². The lowest BCUT2D eigenvalue weighted by molar-refractivity contribution is 0.356. The van der Waals surface area contributed by atoms with Gasteiger partial charge in [0.2, 0.25) is 0 Å². The van der Waals surface area contributed by atoms with Gasteiger partial charge in [-0.2, -0.15) is 0 Å². The Morgan fingerprint density at radius 2 is 2.40 bits per heavy atom. The molecule has 0 saturated heterocycles. The summed E-state index contributed by atoms with van der Waals surface area (Å²) in [4.78, 5) is 13.5. The van der Waals surface area contributed by atoms with Crippen LogP contribution < -0.4 is 5.56 Å². The first-order chi connectivity index (χ1) is 7.10. The lowest BCUT2D eigenvalue weighted by Gasteiger charge is -2.18. The van der Waals surface area contributed by atoms with Gasteiger partial charge in [-0.15, -0.1) is 0 Å². The molecule has 1 atom stereocenters. The van der Waals surface area contributed by atoms with Crippen LogP contribution in [0.1, 0.15) is 25.8 Å². The third-order valence-corrected chi connectivity index (χ3v) is 2.99. The Hall–Kier alpha value is -0.620. The van der Waals surface area contributed by atoms with Gasteiger partial charge in [0.15, 0.2) is 10.7 Å². The van der Waals surface area contributed by atoms with Gasteiger partial charge < -0.3 is 5.11 Å². The van der Waals surface area contributed by atoms with Crippen LogP contribution in [0.4, 0.5) is 0 Å². The molecule has 1 aromatic heterocycles. The summed E-state index contributed by atoms with van der Waals surface area (Å²) in [5.41, 5.74) is -0.373. The van der Waals surface area contributed by atoms with Crippen LogP contribution in [0, 0.1) is 4.77 Å². The van der Waals surface area contributed by atoms with E-state index in [1.54, 1.807) is 4.57 Å². The molecule has 0 aliphatic carbocycles. The van der Waals surface area contributed by atoms with Crippen LogP contribution in [0.25, 0.3) is 0 Å². The Kier molecular flexibility index (Phi) is 4.53. The summed E-state index contributed by atoms with van der Waals surface area (Å²) in [7, 11) is 0. The van der Waals surface area contributed by atoms with E-state index in [-0.39, 0.29) is 22.3 Å². The molecule has 0 amide bonds. The van der Waals surface area contributed by atoms with Gasteiger partial charge in [-0.05, 0) is 25.1 Å². The summed E-state index contributed by atoms with van der Waals surface area (Å²) in [5.74, 6) is -0.0726. The maximum Gasteiger partial charge on any atom is 0.255 e. The average molecular weight is 293 g/mol. The van der Waals surface area contributed by atoms with Gasteiger partial charge in [0.25, 0.3) is 5.56 Å². The number of nitrogens with one attached hydrogen (secondary N) is 1. The molecule has 2 N–H and O–H groups in total. The van der Waals surface area contributed by atoms with Gasteiger partial charge in [0.1, 0.15) is 0 Å². The van der Waals surface area contributed by atoms with E-state index in [9.17, 15) is 9.90 Å². The Labute approximate surface area is 101 Å². The van der Waals surface area contributed by atoms with E-state index in [1.165, 1.54) is 0 Å². The molecule has 0 aromatic carbocycles. The summed E-state index contributed by atoms with van der Waals surface area (Å²) in [5, 5.41) is 10.5. The number of nitrogens with zero attached hydrogens (tertiary/aromatic N) is 1. The van der Waals surface area contributed by atoms with Crippen LogP contribution in [0.2, 0.25) is 0 Å². The monoisotopic (exact) mass is 292 g/mol. The van der Waals surface area contributed by atoms with E-state index in [2.05, 4.69) is 20.9 Å². The maximum absolute atomic E-state index is 11.0. The second-order valence-corrected chi connectivity index (χ2v) is 4.39. The Morgan fingerprint density at radius 1 is 1.73 bits per heavy atom. The zero-order valence-corrected chi connectivity index (χ0v) is 10.8. The molecule has 0 fully saturated rings. The molecule has 0 aliphatic heterocycles. The molecule has 84 valence electrons. The summed E-state index contributed by atoms with van der Waals surface area (Å²) in [6, 6.07) is 1.25. The Balaban J connectivity index is 3.23. The molecule has 0 aliphatic rings. The molecule has 1 heterocycles. The van der Waals surface area contributed by atoms with Crippen LogP contribution in [0.5, 0.6) is 5.88 Å². The van der Waals surface area contributed by atoms with E-state index in [4.69, 9.17) is 12.2 Å². The highest BCUT2D eigenvalue weighted by molar-refractivity contribution is 9.09. The first kappa shape index (κ1) is 12.4. The van der Waals surface area contributed by atoms with Crippen molar-refractivity contribution in [1.29, 1.82) is 0 Å². The number of aromatic hydroxyl groups is 1. The fraction of sp³-hybridized carbons (Fsp3) is 0.556. The SMILES string of the molecule is CCC(CCBr)n1c(O)cc(=O)[nH]c1=S. The standard InChI is InChI=1S/C9H13BrN2O2S/c1-2-6(3-4-10)12-8(14)5-7(13)11-9(12)15/h5-6,14H,2-4H2,1H3,(H,11,13,15). The summed E-state index contributed by atoms with van der Waals surface area (Å²) >= 11 is 8.37. The van der Waals surface area contributed by atoms with Gasteiger partial charge in [-0.25, -0.2) is 0 Å². The number of rotatable bonds is 4. The largest absolute Gasteiger partial charge is 0.494 e. The average Bonchev–Trinajstić information content (AvgIpc) is 2.14. The van der Waals surface area contributed by atoms with E-state index >= 15 is 0 Å². The van der Waals surface area contributed by atoms with Crippen LogP contribution in [0.3, 0.4) is 0 Å². The number of hydrogen-bond acceptors (Lipinski definition) is 3. The Morgan fingerprint density at radius 3 is 2.87 bits per heavy atom. The molecule has 0 bridgehead atoms. The van der Waals surface area contributed by atoms with Crippen molar-refractivity contribution in [3.8, 4) is 5.88 Å². The van der Waals surface area contributed by atoms with Crippen LogP contribution in [-0.2, 0) is 0 Å². The third-order valence-electron chi connectivity index (χ3n) is 2.23. The molecule has 1 aromatic rings. The summed E-state index contributed by atoms with van der Waals surface area (Å²) in [6.45, 7) is 2.01. The molecular formula is C9H13BrN2O2S. The first-order valence-electron chi connectivity index (χ1n) is 4.71. The van der Waals surface area contributed by atoms with Gasteiger partial charge in [0, 0.05) is 11.4 Å². The van der Waals surface area contributed by atoms with Crippen molar-refractivity contribution >= 4 is 28.1 Å². The minimum Gasteiger partial charge on any atom is -0.494 e. The molecule has 0 radical (unpaired) electrons. The van der Waals surface area contributed by atoms with Crippen LogP contribution in [0.15, 0.2) is 10.9 Å². The number of alkyl halides is 1. The van der Waals surface area contributed by atoms with Crippen molar-refractivity contribution in [3.63, 3.8) is 0 Å². The van der Waals surface area contributed by atoms with Crippen molar-refractivity contribution in [2.24, 2.45) is 0 Å². The Bertz CT molecular complexity index is 440. The zero-order chi connectivity index (χ0) is 11.4. The quantitative estimate of drug-likeness (QED) is 0.662. The smallest absolute Gasteiger partial charge is 0.255 e. The lowest BCUT2D eigenvalue weighted by Crippen LogP contribution is -2.17. The minimum absolute atomic E-state index is 0.0726. The minimum atomic E-state index is -0.373. The van der Waals surface area contributed by atoms with Crippen molar-refractivity contribution < 1.29 is 5.11 Å². The zero-order valence-electron chi connectivity index (χ0n) is 8.36. The van der Waals surface area contributed by atoms with E-state index < -0.39 is 0 Å². The number of H-pyrrole nitrogens is 1. The highest BCUT2D eigenvalue weighted by Crippen LogP contribution is 2.21. The molecule has 1 rings (SSSR count). The molecule has 0 spiro atoms. The van der Waals surface area contributed by atoms with Crippen LogP contribution in [-0.4, -0.2) is 20.0 Å². The lowest BCUT2D eigenvalue weighted by atomic mass is 10.2. The predicted octanol–water partition coefficient (Wildman–Crippen LogP) is 2.35. The van der Waals surface area contributed by atoms with Crippen molar-refractivity contribution in [1.82, 2.24) is 9.55 Å². The number of aromatic amines is 1. The fourth-order valence-corrected chi connectivity index (χ4v) is 2.36. The maximum atomic E-state index is 11.0. The molecule has 1 unspecified atom stereocenters. The normalized spacial score (nSPS) is 12.7. The predicted molar refractivity (Wildman–Crippen MR) is 65.3 cm³/mol. The fourth-order valence-electron chi connectivity index (χ4n) is 1.49. The van der Waals surface area contributed by atoms with E-state index in [0.29, 0.717) is 0 Å². The van der Waals surface area contributed by atoms with Gasteiger partial charge in [-0.3, -0.25) is 14.3 Å². The number of hydrogen-bond donors (Lipinski definition) is 2. The van der Waals surface area contributed by atoms with Gasteiger partial charge >= 0.3 is 0 Å². The van der Waals surface area contributed by atoms with Gasteiger partial charge in [0.05, 0.1) is 6.07 Å². The number of halogens is 1. The van der Waals surface area contributed by atoms with Crippen molar-refractivity contribution in [2.45, 2.75) is 25.8 Å². The number of aromatic nitrogens is 2. The van der Waals surface area contributed by atoms with E-state index in [1.807, 2.05) is 6.92 Å². The van der Waals surface area contributed by atoms with E-state index in [0.717, 1.165) is 24.2 Å². The molecule has 4 nitrogen and oxygen atoms in total.